The Morgan fingerprint density at radius 3 is 1.92 bits per heavy atom. The average molecular weight is 188 g/mol. The molecule has 1 atom stereocenters. The van der Waals surface area contributed by atoms with Gasteiger partial charge in [-0.1, -0.05) is 13.8 Å². The fraction of sp³-hybridized carbons (Fsp3) is 1.00. The summed E-state index contributed by atoms with van der Waals surface area (Å²) in [5.41, 5.74) is -0.0601. The smallest absolute Gasteiger partial charge is 0.0780 e. The van der Waals surface area contributed by atoms with E-state index in [1.54, 1.807) is 0 Å². The predicted molar refractivity (Wildman–Crippen MR) is 56.0 cm³/mol. The first-order valence-corrected chi connectivity index (χ1v) is 5.07. The zero-order valence-electron chi connectivity index (χ0n) is 9.89. The molecule has 0 fully saturated rings. The van der Waals surface area contributed by atoms with Crippen LogP contribution in [0.15, 0.2) is 0 Å². The molecule has 0 bridgehead atoms. The second-order valence-electron chi connectivity index (χ2n) is 4.96. The van der Waals surface area contributed by atoms with Gasteiger partial charge in [-0.2, -0.15) is 0 Å². The van der Waals surface area contributed by atoms with E-state index >= 15 is 0 Å². The molecule has 0 aromatic rings. The van der Waals surface area contributed by atoms with Crippen LogP contribution in [0.5, 0.6) is 0 Å². The maximum atomic E-state index is 5.60. The van der Waals surface area contributed by atoms with E-state index in [1.807, 2.05) is 6.92 Å². The Bertz CT molecular complexity index is 125. The van der Waals surface area contributed by atoms with Gasteiger partial charge in [0.15, 0.2) is 0 Å². The van der Waals surface area contributed by atoms with Crippen molar-refractivity contribution in [1.29, 1.82) is 0 Å². The van der Waals surface area contributed by atoms with Gasteiger partial charge in [-0.25, -0.2) is 0 Å². The molecule has 0 aliphatic heterocycles. The highest BCUT2D eigenvalue weighted by Gasteiger charge is 2.12. The molecule has 0 spiro atoms. The van der Waals surface area contributed by atoms with Crippen LogP contribution in [0.3, 0.4) is 0 Å². The molecule has 0 aliphatic rings. The molecule has 0 aromatic heterocycles. The van der Waals surface area contributed by atoms with Gasteiger partial charge < -0.3 is 9.47 Å². The van der Waals surface area contributed by atoms with Crippen molar-refractivity contribution in [3.63, 3.8) is 0 Å². The van der Waals surface area contributed by atoms with Crippen LogP contribution in [0.4, 0.5) is 0 Å². The topological polar surface area (TPSA) is 18.5 Å². The van der Waals surface area contributed by atoms with Crippen molar-refractivity contribution < 1.29 is 9.47 Å². The van der Waals surface area contributed by atoms with Crippen LogP contribution in [0.2, 0.25) is 0 Å². The van der Waals surface area contributed by atoms with E-state index in [0.29, 0.717) is 12.5 Å². The van der Waals surface area contributed by atoms with E-state index in [2.05, 4.69) is 34.6 Å². The lowest BCUT2D eigenvalue weighted by Gasteiger charge is -2.23. The highest BCUT2D eigenvalue weighted by molar-refractivity contribution is 4.60. The number of hydrogen-bond acceptors (Lipinski definition) is 2. The van der Waals surface area contributed by atoms with Crippen LogP contribution in [-0.2, 0) is 9.47 Å². The summed E-state index contributed by atoms with van der Waals surface area (Å²) < 4.78 is 11.2. The van der Waals surface area contributed by atoms with Crippen molar-refractivity contribution in [2.75, 3.05) is 13.2 Å². The van der Waals surface area contributed by atoms with Gasteiger partial charge in [0.05, 0.1) is 18.3 Å². The zero-order chi connectivity index (χ0) is 10.5. The summed E-state index contributed by atoms with van der Waals surface area (Å²) in [7, 11) is 0. The molecule has 80 valence electrons. The van der Waals surface area contributed by atoms with Crippen LogP contribution in [0, 0.1) is 5.92 Å². The summed E-state index contributed by atoms with van der Waals surface area (Å²) in [6.45, 7) is 14.0. The van der Waals surface area contributed by atoms with E-state index < -0.39 is 0 Å². The van der Waals surface area contributed by atoms with Crippen LogP contribution < -0.4 is 0 Å². The van der Waals surface area contributed by atoms with Crippen molar-refractivity contribution in [3.05, 3.63) is 0 Å². The SMILES string of the molecule is CC(C)COC(C)COC(C)(C)C. The lowest BCUT2D eigenvalue weighted by Crippen LogP contribution is -2.27. The Labute approximate surface area is 82.6 Å². The molecule has 13 heavy (non-hydrogen) atoms. The minimum Gasteiger partial charge on any atom is -0.376 e. The fourth-order valence-corrected chi connectivity index (χ4v) is 0.772. The van der Waals surface area contributed by atoms with E-state index in [0.717, 1.165) is 6.61 Å². The Balaban J connectivity index is 3.46. The van der Waals surface area contributed by atoms with Crippen molar-refractivity contribution in [3.8, 4) is 0 Å². The van der Waals surface area contributed by atoms with Gasteiger partial charge >= 0.3 is 0 Å². The van der Waals surface area contributed by atoms with E-state index in [9.17, 15) is 0 Å². The Morgan fingerprint density at radius 2 is 1.54 bits per heavy atom. The third kappa shape index (κ3) is 9.84. The molecule has 1 unspecified atom stereocenters. The van der Waals surface area contributed by atoms with E-state index in [1.165, 1.54) is 0 Å². The molecule has 2 heteroatoms. The number of rotatable bonds is 5. The normalized spacial score (nSPS) is 15.0. The minimum absolute atomic E-state index is 0.0601. The Hall–Kier alpha value is -0.0800. The molecular formula is C11H24O2. The molecule has 0 amide bonds. The van der Waals surface area contributed by atoms with Crippen molar-refractivity contribution in [2.45, 2.75) is 53.2 Å². The standard InChI is InChI=1S/C11H24O2/c1-9(2)7-12-10(3)8-13-11(4,5)6/h9-10H,7-8H2,1-6H3. The van der Waals surface area contributed by atoms with Crippen LogP contribution >= 0.6 is 0 Å². The summed E-state index contributed by atoms with van der Waals surface area (Å²) in [6, 6.07) is 0. The fourth-order valence-electron chi connectivity index (χ4n) is 0.772. The number of ether oxygens (including phenoxy) is 2. The summed E-state index contributed by atoms with van der Waals surface area (Å²) >= 11 is 0. The Kier molecular flexibility index (Phi) is 5.57. The van der Waals surface area contributed by atoms with E-state index in [4.69, 9.17) is 9.47 Å². The highest BCUT2D eigenvalue weighted by Crippen LogP contribution is 2.08. The maximum absolute atomic E-state index is 5.60. The summed E-state index contributed by atoms with van der Waals surface area (Å²) in [5.74, 6) is 0.595. The molecule has 0 aromatic carbocycles. The predicted octanol–water partition coefficient (Wildman–Crippen LogP) is 2.86. The molecule has 0 saturated carbocycles. The van der Waals surface area contributed by atoms with Crippen LogP contribution in [0.1, 0.15) is 41.5 Å². The van der Waals surface area contributed by atoms with Gasteiger partial charge in [-0.15, -0.1) is 0 Å². The van der Waals surface area contributed by atoms with Crippen LogP contribution in [-0.4, -0.2) is 24.9 Å². The lowest BCUT2D eigenvalue weighted by atomic mass is 10.2. The monoisotopic (exact) mass is 188 g/mol. The Morgan fingerprint density at radius 1 is 1.00 bits per heavy atom. The molecular weight excluding hydrogens is 164 g/mol. The van der Waals surface area contributed by atoms with Crippen molar-refractivity contribution >= 4 is 0 Å². The molecule has 0 radical (unpaired) electrons. The summed E-state index contributed by atoms with van der Waals surface area (Å²) in [6.07, 6.45) is 0.196. The third-order valence-corrected chi connectivity index (χ3v) is 1.47. The van der Waals surface area contributed by atoms with Gasteiger partial charge in [0, 0.05) is 6.61 Å². The van der Waals surface area contributed by atoms with Crippen LogP contribution in [0.25, 0.3) is 0 Å². The van der Waals surface area contributed by atoms with Gasteiger partial charge in [0.1, 0.15) is 0 Å². The highest BCUT2D eigenvalue weighted by atomic mass is 16.5. The first kappa shape index (κ1) is 12.9. The van der Waals surface area contributed by atoms with Gasteiger partial charge in [0.2, 0.25) is 0 Å². The maximum Gasteiger partial charge on any atom is 0.0780 e. The molecule has 0 heterocycles. The largest absolute Gasteiger partial charge is 0.376 e. The number of hydrogen-bond donors (Lipinski definition) is 0. The van der Waals surface area contributed by atoms with E-state index in [-0.39, 0.29) is 11.7 Å². The van der Waals surface area contributed by atoms with Gasteiger partial charge in [-0.3, -0.25) is 0 Å². The first-order chi connectivity index (χ1) is 5.81. The third-order valence-electron chi connectivity index (χ3n) is 1.47. The van der Waals surface area contributed by atoms with Gasteiger partial charge in [0.25, 0.3) is 0 Å². The second-order valence-corrected chi connectivity index (χ2v) is 4.96. The first-order valence-electron chi connectivity index (χ1n) is 5.07. The quantitative estimate of drug-likeness (QED) is 0.660. The average Bonchev–Trinajstić information content (AvgIpc) is 1.95. The second kappa shape index (κ2) is 5.61. The summed E-state index contributed by atoms with van der Waals surface area (Å²) in [4.78, 5) is 0. The molecule has 2 nitrogen and oxygen atoms in total. The zero-order valence-corrected chi connectivity index (χ0v) is 9.89. The summed E-state index contributed by atoms with van der Waals surface area (Å²) in [5, 5.41) is 0. The van der Waals surface area contributed by atoms with Crippen molar-refractivity contribution in [2.24, 2.45) is 5.92 Å². The van der Waals surface area contributed by atoms with Crippen molar-refractivity contribution in [1.82, 2.24) is 0 Å². The minimum atomic E-state index is -0.0601. The molecule has 0 N–H and O–H groups in total. The van der Waals surface area contributed by atoms with Gasteiger partial charge in [-0.05, 0) is 33.6 Å². The molecule has 0 aliphatic carbocycles. The lowest BCUT2D eigenvalue weighted by molar-refractivity contribution is -0.0705. The molecule has 0 saturated heterocycles. The molecule has 0 rings (SSSR count).